The van der Waals surface area contributed by atoms with Crippen LogP contribution in [0.1, 0.15) is 76.8 Å². The van der Waals surface area contributed by atoms with Crippen molar-refractivity contribution in [2.24, 2.45) is 0 Å². The number of imidazole rings is 1. The number of carboxylic acids is 1. The normalized spacial score (nSPS) is 12.1. The summed E-state index contributed by atoms with van der Waals surface area (Å²) in [6, 6.07) is 16.1. The lowest BCUT2D eigenvalue weighted by molar-refractivity contribution is -0.152. The fourth-order valence-corrected chi connectivity index (χ4v) is 4.20. The second kappa shape index (κ2) is 11.2. The highest BCUT2D eigenvalue weighted by Crippen LogP contribution is 2.23. The largest absolute Gasteiger partial charge is 0.478 e. The molecule has 3 rings (SSSR count). The minimum atomic E-state index is -1.27. The lowest BCUT2D eigenvalue weighted by atomic mass is 9.87. The summed E-state index contributed by atoms with van der Waals surface area (Å²) in [5.41, 5.74) is 3.51. The molecule has 1 aromatic heterocycles. The summed E-state index contributed by atoms with van der Waals surface area (Å²) in [5.74, 6) is -0.464. The number of aryl methyl sites for hydroxylation is 2. The van der Waals surface area contributed by atoms with Crippen LogP contribution in [0.4, 0.5) is 0 Å². The number of aromatic nitrogens is 2. The topological polar surface area (TPSA) is 73.5 Å². The maximum Gasteiger partial charge on any atom is 0.347 e. The Morgan fingerprint density at radius 1 is 0.917 bits per heavy atom. The lowest BCUT2D eigenvalue weighted by Gasteiger charge is -2.21. The van der Waals surface area contributed by atoms with Gasteiger partial charge in [0.1, 0.15) is 5.75 Å². The average Bonchev–Trinajstić information content (AvgIpc) is 3.09. The van der Waals surface area contributed by atoms with Crippen LogP contribution in [0.15, 0.2) is 59.5 Å². The van der Waals surface area contributed by atoms with Crippen molar-refractivity contribution in [1.82, 2.24) is 9.13 Å². The number of carbonyl (C=O) groups is 1. The van der Waals surface area contributed by atoms with Gasteiger partial charge in [-0.3, -0.25) is 9.13 Å². The van der Waals surface area contributed by atoms with Gasteiger partial charge >= 0.3 is 11.7 Å². The SMILES string of the molecule is CCCn1c(CCCc2ccc(OC(C)(C)C(=O)O)cc2)cn(Cc2ccc(C(C)(C)C)cc2)c1=O. The van der Waals surface area contributed by atoms with E-state index in [2.05, 4.69) is 52.0 Å². The van der Waals surface area contributed by atoms with Crippen molar-refractivity contribution in [3.63, 3.8) is 0 Å². The highest BCUT2D eigenvalue weighted by atomic mass is 16.5. The Labute approximate surface area is 214 Å². The molecule has 0 fully saturated rings. The molecule has 0 unspecified atom stereocenters. The minimum absolute atomic E-state index is 0.0503. The van der Waals surface area contributed by atoms with E-state index in [-0.39, 0.29) is 11.1 Å². The molecule has 0 saturated heterocycles. The van der Waals surface area contributed by atoms with E-state index in [1.807, 2.05) is 39.6 Å². The summed E-state index contributed by atoms with van der Waals surface area (Å²) >= 11 is 0. The van der Waals surface area contributed by atoms with E-state index < -0.39 is 11.6 Å². The third-order valence-corrected chi connectivity index (χ3v) is 6.46. The van der Waals surface area contributed by atoms with Crippen molar-refractivity contribution < 1.29 is 14.6 Å². The first-order valence-electron chi connectivity index (χ1n) is 12.8. The summed E-state index contributed by atoms with van der Waals surface area (Å²) in [5, 5.41) is 9.24. The molecule has 2 aromatic carbocycles. The van der Waals surface area contributed by atoms with Crippen molar-refractivity contribution >= 4 is 5.97 Å². The maximum atomic E-state index is 13.1. The van der Waals surface area contributed by atoms with Gasteiger partial charge in [0.15, 0.2) is 5.60 Å². The molecule has 0 saturated carbocycles. The van der Waals surface area contributed by atoms with Crippen LogP contribution in [0.5, 0.6) is 5.75 Å². The van der Waals surface area contributed by atoms with Crippen molar-refractivity contribution in [2.45, 2.75) is 91.3 Å². The van der Waals surface area contributed by atoms with Gasteiger partial charge < -0.3 is 9.84 Å². The fourth-order valence-electron chi connectivity index (χ4n) is 4.20. The summed E-state index contributed by atoms with van der Waals surface area (Å²) in [7, 11) is 0. The molecule has 3 aromatic rings. The summed E-state index contributed by atoms with van der Waals surface area (Å²) in [6.07, 6.45) is 5.51. The number of aliphatic carboxylic acids is 1. The molecule has 0 atom stereocenters. The van der Waals surface area contributed by atoms with Crippen molar-refractivity contribution in [3.8, 4) is 5.75 Å². The van der Waals surface area contributed by atoms with Gasteiger partial charge in [-0.2, -0.15) is 0 Å². The van der Waals surface area contributed by atoms with Crippen molar-refractivity contribution in [2.75, 3.05) is 0 Å². The molecule has 0 spiro atoms. The fraction of sp³-hybridized carbons (Fsp3) is 0.467. The average molecular weight is 493 g/mol. The molecule has 0 amide bonds. The first kappa shape index (κ1) is 27.3. The Balaban J connectivity index is 1.65. The van der Waals surface area contributed by atoms with E-state index >= 15 is 0 Å². The highest BCUT2D eigenvalue weighted by molar-refractivity contribution is 5.76. The Morgan fingerprint density at radius 2 is 1.53 bits per heavy atom. The Hall–Kier alpha value is -3.28. The Kier molecular flexibility index (Phi) is 8.49. The standard InChI is InChI=1S/C30H40N2O4/c1-7-19-32-25(10-8-9-22-13-17-26(18-14-22)36-30(5,6)27(33)34)21-31(28(32)35)20-23-11-15-24(16-12-23)29(2,3)4/h11-18,21H,7-10,19-20H2,1-6H3,(H,33,34). The number of nitrogens with zero attached hydrogens (tertiary/aromatic N) is 2. The summed E-state index contributed by atoms with van der Waals surface area (Å²) in [4.78, 5) is 24.4. The molecule has 0 bridgehead atoms. The van der Waals surface area contributed by atoms with Crippen LogP contribution in [0.3, 0.4) is 0 Å². The molecule has 0 aliphatic rings. The molecular weight excluding hydrogens is 452 g/mol. The third-order valence-electron chi connectivity index (χ3n) is 6.46. The van der Waals surface area contributed by atoms with Crippen molar-refractivity contribution in [3.05, 3.63) is 87.6 Å². The summed E-state index contributed by atoms with van der Waals surface area (Å²) in [6.45, 7) is 13.0. The van der Waals surface area contributed by atoms with Gasteiger partial charge in [-0.05, 0) is 73.8 Å². The van der Waals surface area contributed by atoms with Gasteiger partial charge in [0.05, 0.1) is 6.54 Å². The van der Waals surface area contributed by atoms with Crippen LogP contribution in [-0.4, -0.2) is 25.8 Å². The van der Waals surface area contributed by atoms with Gasteiger partial charge in [-0.25, -0.2) is 9.59 Å². The molecule has 194 valence electrons. The molecule has 6 nitrogen and oxygen atoms in total. The maximum absolute atomic E-state index is 13.1. The van der Waals surface area contributed by atoms with E-state index in [9.17, 15) is 14.7 Å². The van der Waals surface area contributed by atoms with E-state index in [1.165, 1.54) is 19.4 Å². The second-order valence-electron chi connectivity index (χ2n) is 11.0. The predicted octanol–water partition coefficient (Wildman–Crippen LogP) is 5.82. The molecule has 1 N–H and O–H groups in total. The monoisotopic (exact) mass is 492 g/mol. The predicted molar refractivity (Wildman–Crippen MR) is 144 cm³/mol. The number of hydrogen-bond donors (Lipinski definition) is 1. The van der Waals surface area contributed by atoms with E-state index in [1.54, 1.807) is 0 Å². The zero-order valence-electron chi connectivity index (χ0n) is 22.5. The Bertz CT molecular complexity index is 1210. The number of ether oxygens (including phenoxy) is 1. The number of hydrogen-bond acceptors (Lipinski definition) is 3. The van der Waals surface area contributed by atoms with E-state index in [4.69, 9.17) is 4.74 Å². The molecule has 0 radical (unpaired) electrons. The van der Waals surface area contributed by atoms with E-state index in [0.717, 1.165) is 49.0 Å². The first-order valence-corrected chi connectivity index (χ1v) is 12.8. The van der Waals surface area contributed by atoms with Gasteiger partial charge in [-0.1, -0.05) is 64.1 Å². The number of carboxylic acid groups (broad SMARTS) is 1. The van der Waals surface area contributed by atoms with Gasteiger partial charge in [0, 0.05) is 18.4 Å². The lowest BCUT2D eigenvalue weighted by Crippen LogP contribution is -2.37. The van der Waals surface area contributed by atoms with Gasteiger partial charge in [0.25, 0.3) is 0 Å². The zero-order valence-corrected chi connectivity index (χ0v) is 22.5. The van der Waals surface area contributed by atoms with Crippen LogP contribution < -0.4 is 10.4 Å². The smallest absolute Gasteiger partial charge is 0.347 e. The van der Waals surface area contributed by atoms with Crippen LogP contribution in [0, 0.1) is 0 Å². The van der Waals surface area contributed by atoms with Crippen LogP contribution in [-0.2, 0) is 36.1 Å². The van der Waals surface area contributed by atoms with Crippen LogP contribution in [0.25, 0.3) is 0 Å². The van der Waals surface area contributed by atoms with E-state index in [0.29, 0.717) is 12.3 Å². The second-order valence-corrected chi connectivity index (χ2v) is 11.0. The Morgan fingerprint density at radius 3 is 2.08 bits per heavy atom. The first-order chi connectivity index (χ1) is 16.9. The quantitative estimate of drug-likeness (QED) is 0.366. The minimum Gasteiger partial charge on any atom is -0.478 e. The number of rotatable bonds is 11. The molecule has 0 aliphatic heterocycles. The summed E-state index contributed by atoms with van der Waals surface area (Å²) < 4.78 is 9.32. The molecule has 36 heavy (non-hydrogen) atoms. The van der Waals surface area contributed by atoms with Gasteiger partial charge in [0.2, 0.25) is 0 Å². The zero-order chi connectivity index (χ0) is 26.5. The van der Waals surface area contributed by atoms with Crippen LogP contribution in [0.2, 0.25) is 0 Å². The van der Waals surface area contributed by atoms with Crippen LogP contribution >= 0.6 is 0 Å². The molecule has 6 heteroatoms. The number of benzene rings is 2. The molecule has 1 heterocycles. The van der Waals surface area contributed by atoms with Gasteiger partial charge in [-0.15, -0.1) is 0 Å². The molecule has 0 aliphatic carbocycles. The van der Waals surface area contributed by atoms with Crippen molar-refractivity contribution in [1.29, 1.82) is 0 Å². The molecular formula is C30H40N2O4. The third kappa shape index (κ3) is 6.90. The highest BCUT2D eigenvalue weighted by Gasteiger charge is 2.29.